The van der Waals surface area contributed by atoms with E-state index in [0.29, 0.717) is 25.7 Å². The third kappa shape index (κ3) is 7.33. The van der Waals surface area contributed by atoms with Crippen molar-refractivity contribution in [3.63, 3.8) is 0 Å². The molecule has 0 unspecified atom stereocenters. The molecule has 0 spiro atoms. The minimum atomic E-state index is -0.220. The number of likely N-dealkylation sites (tertiary alicyclic amines) is 1. The van der Waals surface area contributed by atoms with Crippen LogP contribution in [0.25, 0.3) is 0 Å². The zero-order valence-corrected chi connectivity index (χ0v) is 19.6. The highest BCUT2D eigenvalue weighted by atomic mass is 127. The third-order valence-corrected chi connectivity index (χ3v) is 5.50. The van der Waals surface area contributed by atoms with Gasteiger partial charge in [-0.05, 0) is 43.7 Å². The highest BCUT2D eigenvalue weighted by molar-refractivity contribution is 14.0. The van der Waals surface area contributed by atoms with Crippen molar-refractivity contribution in [2.24, 2.45) is 10.7 Å². The number of hydrogen-bond acceptors (Lipinski definition) is 4. The summed E-state index contributed by atoms with van der Waals surface area (Å²) in [5, 5.41) is 3.30. The van der Waals surface area contributed by atoms with Gasteiger partial charge in [0.1, 0.15) is 0 Å². The van der Waals surface area contributed by atoms with Crippen molar-refractivity contribution in [1.82, 2.24) is 15.1 Å². The molecule has 7 nitrogen and oxygen atoms in total. The Labute approximate surface area is 191 Å². The number of piperidine rings is 1. The molecular weight excluding hydrogens is 481 g/mol. The SMILES string of the molecule is CCOC(=O)N1CCC(NC(N)=NCCCN2CCc3ccccc3C2)CC1.I. The minimum Gasteiger partial charge on any atom is -0.450 e. The van der Waals surface area contributed by atoms with E-state index in [1.165, 1.54) is 11.1 Å². The molecule has 0 bridgehead atoms. The molecule has 29 heavy (non-hydrogen) atoms. The molecule has 8 heteroatoms. The Balaban J connectivity index is 0.00000300. The van der Waals surface area contributed by atoms with Crippen molar-refractivity contribution in [2.45, 2.75) is 45.2 Å². The number of ether oxygens (including phenoxy) is 1. The van der Waals surface area contributed by atoms with E-state index in [4.69, 9.17) is 10.5 Å². The quantitative estimate of drug-likeness (QED) is 0.264. The zero-order valence-electron chi connectivity index (χ0n) is 17.3. The molecule has 1 amide bonds. The van der Waals surface area contributed by atoms with Crippen LogP contribution in [0.3, 0.4) is 0 Å². The number of carbonyl (C=O) groups excluding carboxylic acids is 1. The van der Waals surface area contributed by atoms with Gasteiger partial charge in [-0.2, -0.15) is 0 Å². The Hall–Kier alpha value is -1.55. The molecule has 2 aliphatic rings. The maximum absolute atomic E-state index is 11.7. The fraction of sp³-hybridized carbons (Fsp3) is 0.619. The Morgan fingerprint density at radius 1 is 1.24 bits per heavy atom. The van der Waals surface area contributed by atoms with Gasteiger partial charge in [0, 0.05) is 45.3 Å². The molecule has 2 heterocycles. The van der Waals surface area contributed by atoms with E-state index in [9.17, 15) is 4.79 Å². The number of fused-ring (bicyclic) bond motifs is 1. The standard InChI is InChI=1S/C21H33N5O2.HI/c1-2-28-21(27)26-14-9-19(10-15-26)24-20(22)23-11-5-12-25-13-8-17-6-3-4-7-18(17)16-25;/h3-4,6-7,19H,2,5,8-16H2,1H3,(H3,22,23,24);1H. The van der Waals surface area contributed by atoms with Crippen LogP contribution in [0.15, 0.2) is 29.3 Å². The highest BCUT2D eigenvalue weighted by Crippen LogP contribution is 2.18. The first-order valence-corrected chi connectivity index (χ1v) is 10.4. The summed E-state index contributed by atoms with van der Waals surface area (Å²) in [5.74, 6) is 0.513. The number of guanidine groups is 1. The number of halogens is 1. The van der Waals surface area contributed by atoms with Crippen molar-refractivity contribution in [1.29, 1.82) is 0 Å². The van der Waals surface area contributed by atoms with Gasteiger partial charge in [0.25, 0.3) is 0 Å². The van der Waals surface area contributed by atoms with Crippen molar-refractivity contribution >= 4 is 36.0 Å². The van der Waals surface area contributed by atoms with E-state index in [-0.39, 0.29) is 36.1 Å². The molecule has 0 radical (unpaired) electrons. The summed E-state index contributed by atoms with van der Waals surface area (Å²) in [6, 6.07) is 8.98. The van der Waals surface area contributed by atoms with Crippen LogP contribution in [0.1, 0.15) is 37.3 Å². The first kappa shape index (κ1) is 23.7. The van der Waals surface area contributed by atoms with Crippen LogP contribution in [0, 0.1) is 0 Å². The topological polar surface area (TPSA) is 83.2 Å². The van der Waals surface area contributed by atoms with E-state index in [2.05, 4.69) is 39.5 Å². The fourth-order valence-electron chi connectivity index (χ4n) is 3.91. The first-order chi connectivity index (χ1) is 13.7. The number of rotatable bonds is 6. The van der Waals surface area contributed by atoms with Gasteiger partial charge in [-0.3, -0.25) is 9.89 Å². The van der Waals surface area contributed by atoms with Gasteiger partial charge in [-0.1, -0.05) is 24.3 Å². The summed E-state index contributed by atoms with van der Waals surface area (Å²) in [5.41, 5.74) is 8.99. The van der Waals surface area contributed by atoms with Gasteiger partial charge < -0.3 is 20.7 Å². The molecule has 2 aliphatic heterocycles. The van der Waals surface area contributed by atoms with E-state index in [1.54, 1.807) is 4.90 Å². The van der Waals surface area contributed by atoms with Crippen molar-refractivity contribution < 1.29 is 9.53 Å². The number of aliphatic imine (C=N–C) groups is 1. The molecule has 3 rings (SSSR count). The van der Waals surface area contributed by atoms with Gasteiger partial charge in [0.2, 0.25) is 0 Å². The molecule has 0 aromatic heterocycles. The van der Waals surface area contributed by atoms with E-state index < -0.39 is 0 Å². The smallest absolute Gasteiger partial charge is 0.409 e. The van der Waals surface area contributed by atoms with Gasteiger partial charge in [-0.15, -0.1) is 24.0 Å². The number of nitrogens with zero attached hydrogens (tertiary/aromatic N) is 3. The summed E-state index contributed by atoms with van der Waals surface area (Å²) < 4.78 is 5.05. The van der Waals surface area contributed by atoms with E-state index in [1.807, 2.05) is 6.92 Å². The summed E-state index contributed by atoms with van der Waals surface area (Å²) in [4.78, 5) is 20.5. The Bertz CT molecular complexity index is 677. The molecule has 1 aromatic rings. The van der Waals surface area contributed by atoms with E-state index in [0.717, 1.165) is 51.9 Å². The summed E-state index contributed by atoms with van der Waals surface area (Å²) in [7, 11) is 0. The van der Waals surface area contributed by atoms with Crippen LogP contribution in [-0.4, -0.2) is 67.2 Å². The highest BCUT2D eigenvalue weighted by Gasteiger charge is 2.23. The van der Waals surface area contributed by atoms with Crippen LogP contribution in [0.5, 0.6) is 0 Å². The Morgan fingerprint density at radius 2 is 1.97 bits per heavy atom. The molecule has 1 saturated heterocycles. The number of benzene rings is 1. The lowest BCUT2D eigenvalue weighted by molar-refractivity contribution is 0.0963. The lowest BCUT2D eigenvalue weighted by atomic mass is 10.00. The van der Waals surface area contributed by atoms with Crippen LogP contribution in [-0.2, 0) is 17.7 Å². The molecular formula is C21H34IN5O2. The largest absolute Gasteiger partial charge is 0.450 e. The average molecular weight is 515 g/mol. The van der Waals surface area contributed by atoms with Crippen LogP contribution in [0.2, 0.25) is 0 Å². The monoisotopic (exact) mass is 515 g/mol. The predicted octanol–water partition coefficient (Wildman–Crippen LogP) is 2.58. The van der Waals surface area contributed by atoms with Gasteiger partial charge >= 0.3 is 6.09 Å². The third-order valence-electron chi connectivity index (χ3n) is 5.50. The molecule has 1 fully saturated rings. The second kappa shape index (κ2) is 12.2. The van der Waals surface area contributed by atoms with Crippen molar-refractivity contribution in [3.05, 3.63) is 35.4 Å². The van der Waals surface area contributed by atoms with Gasteiger partial charge in [0.05, 0.1) is 6.61 Å². The minimum absolute atomic E-state index is 0. The lowest BCUT2D eigenvalue weighted by Gasteiger charge is -2.31. The molecule has 0 saturated carbocycles. The lowest BCUT2D eigenvalue weighted by Crippen LogP contribution is -2.48. The number of nitrogens with two attached hydrogens (primary N) is 1. The Morgan fingerprint density at radius 3 is 2.69 bits per heavy atom. The number of nitrogens with one attached hydrogen (secondary N) is 1. The van der Waals surface area contributed by atoms with Gasteiger partial charge in [0.15, 0.2) is 5.96 Å². The second-order valence-corrected chi connectivity index (χ2v) is 7.52. The number of amides is 1. The summed E-state index contributed by atoms with van der Waals surface area (Å²) in [6.07, 6.45) is 3.65. The summed E-state index contributed by atoms with van der Waals surface area (Å²) in [6.45, 7) is 7.57. The van der Waals surface area contributed by atoms with Crippen molar-refractivity contribution in [3.8, 4) is 0 Å². The summed E-state index contributed by atoms with van der Waals surface area (Å²) >= 11 is 0. The predicted molar refractivity (Wildman–Crippen MR) is 127 cm³/mol. The maximum Gasteiger partial charge on any atom is 0.409 e. The maximum atomic E-state index is 11.7. The molecule has 3 N–H and O–H groups in total. The molecule has 162 valence electrons. The second-order valence-electron chi connectivity index (χ2n) is 7.52. The molecule has 0 atom stereocenters. The first-order valence-electron chi connectivity index (χ1n) is 10.4. The molecule has 0 aliphatic carbocycles. The fourth-order valence-corrected chi connectivity index (χ4v) is 3.91. The van der Waals surface area contributed by atoms with Crippen LogP contribution in [0.4, 0.5) is 4.79 Å². The normalized spacial score (nSPS) is 18.0. The van der Waals surface area contributed by atoms with Crippen LogP contribution < -0.4 is 11.1 Å². The van der Waals surface area contributed by atoms with E-state index >= 15 is 0 Å². The molecule has 1 aromatic carbocycles. The average Bonchev–Trinajstić information content (AvgIpc) is 2.72. The zero-order chi connectivity index (χ0) is 19.8. The Kier molecular flexibility index (Phi) is 9.99. The van der Waals surface area contributed by atoms with Crippen LogP contribution >= 0.6 is 24.0 Å². The van der Waals surface area contributed by atoms with Gasteiger partial charge in [-0.25, -0.2) is 4.79 Å². The number of hydrogen-bond donors (Lipinski definition) is 2. The van der Waals surface area contributed by atoms with Crippen molar-refractivity contribution in [2.75, 3.05) is 39.3 Å². The number of carbonyl (C=O) groups is 1.